The Morgan fingerprint density at radius 1 is 1.30 bits per heavy atom. The van der Waals surface area contributed by atoms with Gasteiger partial charge in [0.1, 0.15) is 0 Å². The van der Waals surface area contributed by atoms with Crippen LogP contribution in [0.4, 0.5) is 0 Å². The monoisotopic (exact) mass is 141 g/mol. The molecule has 0 unspecified atom stereocenters. The van der Waals surface area contributed by atoms with Gasteiger partial charge in [-0.3, -0.25) is 0 Å². The van der Waals surface area contributed by atoms with E-state index in [1.807, 2.05) is 0 Å². The summed E-state index contributed by atoms with van der Waals surface area (Å²) in [5, 5.41) is 0. The van der Waals surface area contributed by atoms with E-state index in [0.29, 0.717) is 0 Å². The Labute approximate surface area is 64.7 Å². The summed E-state index contributed by atoms with van der Waals surface area (Å²) < 4.78 is 0. The predicted molar refractivity (Wildman–Crippen MR) is 47.2 cm³/mol. The van der Waals surface area contributed by atoms with E-state index in [4.69, 9.17) is 0 Å². The molecule has 1 atom stereocenters. The van der Waals surface area contributed by atoms with E-state index >= 15 is 0 Å². The second-order valence-electron chi connectivity index (χ2n) is 2.83. The molecule has 0 amide bonds. The van der Waals surface area contributed by atoms with E-state index < -0.39 is 0 Å². The van der Waals surface area contributed by atoms with Gasteiger partial charge in [-0.05, 0) is 33.4 Å². The van der Waals surface area contributed by atoms with Crippen molar-refractivity contribution in [1.29, 1.82) is 0 Å². The SMILES string of the molecule is C=C.C[C@H]1CCCCN1C. The van der Waals surface area contributed by atoms with Crippen molar-refractivity contribution in [2.75, 3.05) is 13.6 Å². The molecule has 1 aliphatic rings. The van der Waals surface area contributed by atoms with Crippen molar-refractivity contribution in [2.24, 2.45) is 0 Å². The second kappa shape index (κ2) is 5.48. The largest absolute Gasteiger partial charge is 0.304 e. The van der Waals surface area contributed by atoms with Crippen molar-refractivity contribution >= 4 is 0 Å². The third kappa shape index (κ3) is 3.02. The van der Waals surface area contributed by atoms with E-state index in [1.165, 1.54) is 25.8 Å². The first-order valence-corrected chi connectivity index (χ1v) is 4.01. The van der Waals surface area contributed by atoms with Crippen molar-refractivity contribution < 1.29 is 0 Å². The predicted octanol–water partition coefficient (Wildman–Crippen LogP) is 2.29. The molecule has 0 aromatic rings. The maximum Gasteiger partial charge on any atom is 0.00638 e. The average Bonchev–Trinajstić information content (AvgIpc) is 2.00. The lowest BCUT2D eigenvalue weighted by molar-refractivity contribution is 0.200. The quantitative estimate of drug-likeness (QED) is 0.468. The zero-order chi connectivity index (χ0) is 7.98. The Morgan fingerprint density at radius 2 is 1.90 bits per heavy atom. The number of nitrogens with zero attached hydrogens (tertiary/aromatic N) is 1. The van der Waals surface area contributed by atoms with Crippen LogP contribution in [0, 0.1) is 0 Å². The Balaban J connectivity index is 0.000000371. The third-order valence-corrected chi connectivity index (χ3v) is 2.14. The first-order valence-electron chi connectivity index (χ1n) is 4.01. The topological polar surface area (TPSA) is 3.24 Å². The standard InChI is InChI=1S/C7H15N.C2H4/c1-7-5-3-4-6-8(7)2;1-2/h7H,3-6H2,1-2H3;1-2H2/t7-;/m0./s1. The Kier molecular flexibility index (Phi) is 5.32. The molecule has 1 heteroatoms. The van der Waals surface area contributed by atoms with Crippen LogP contribution in [0.5, 0.6) is 0 Å². The summed E-state index contributed by atoms with van der Waals surface area (Å²) in [5.74, 6) is 0. The van der Waals surface area contributed by atoms with Crippen molar-refractivity contribution in [3.8, 4) is 0 Å². The zero-order valence-electron chi connectivity index (χ0n) is 7.27. The molecule has 0 aliphatic carbocycles. The van der Waals surface area contributed by atoms with Gasteiger partial charge in [-0.15, -0.1) is 13.2 Å². The lowest BCUT2D eigenvalue weighted by Gasteiger charge is -2.29. The van der Waals surface area contributed by atoms with Crippen LogP contribution in [-0.4, -0.2) is 24.5 Å². The lowest BCUT2D eigenvalue weighted by Crippen LogP contribution is -2.33. The van der Waals surface area contributed by atoms with Crippen LogP contribution in [0.3, 0.4) is 0 Å². The molecule has 10 heavy (non-hydrogen) atoms. The van der Waals surface area contributed by atoms with Crippen LogP contribution in [0.2, 0.25) is 0 Å². The van der Waals surface area contributed by atoms with Gasteiger partial charge >= 0.3 is 0 Å². The van der Waals surface area contributed by atoms with Gasteiger partial charge in [0, 0.05) is 6.04 Å². The Bertz CT molecular complexity index is 70.8. The van der Waals surface area contributed by atoms with Crippen LogP contribution in [0.25, 0.3) is 0 Å². The summed E-state index contributed by atoms with van der Waals surface area (Å²) in [5.41, 5.74) is 0. The summed E-state index contributed by atoms with van der Waals surface area (Å²) in [7, 11) is 2.21. The molecule has 0 N–H and O–H groups in total. The second-order valence-corrected chi connectivity index (χ2v) is 2.83. The molecular weight excluding hydrogens is 122 g/mol. The molecule has 1 heterocycles. The molecule has 0 aromatic carbocycles. The Morgan fingerprint density at radius 3 is 2.20 bits per heavy atom. The number of likely N-dealkylation sites (tertiary alicyclic amines) is 1. The summed E-state index contributed by atoms with van der Waals surface area (Å²) in [6.07, 6.45) is 4.24. The normalized spacial score (nSPS) is 26.8. The average molecular weight is 141 g/mol. The molecule has 1 rings (SSSR count). The van der Waals surface area contributed by atoms with Crippen LogP contribution >= 0.6 is 0 Å². The van der Waals surface area contributed by atoms with Crippen molar-refractivity contribution in [3.05, 3.63) is 13.2 Å². The molecule has 0 radical (unpaired) electrons. The number of piperidine rings is 1. The lowest BCUT2D eigenvalue weighted by atomic mass is 10.1. The summed E-state index contributed by atoms with van der Waals surface area (Å²) >= 11 is 0. The summed E-state index contributed by atoms with van der Waals surface area (Å²) in [4.78, 5) is 2.43. The molecule has 1 fully saturated rings. The maximum absolute atomic E-state index is 3.00. The minimum absolute atomic E-state index is 0.837. The fraction of sp³-hybridized carbons (Fsp3) is 0.778. The van der Waals surface area contributed by atoms with E-state index in [0.717, 1.165) is 6.04 Å². The molecule has 0 aromatic heterocycles. The van der Waals surface area contributed by atoms with Crippen molar-refractivity contribution in [1.82, 2.24) is 4.90 Å². The van der Waals surface area contributed by atoms with E-state index in [9.17, 15) is 0 Å². The maximum atomic E-state index is 3.00. The van der Waals surface area contributed by atoms with Gasteiger partial charge in [0.2, 0.25) is 0 Å². The first-order chi connectivity index (χ1) is 4.80. The molecule has 1 aliphatic heterocycles. The summed E-state index contributed by atoms with van der Waals surface area (Å²) in [6, 6.07) is 0.837. The van der Waals surface area contributed by atoms with Gasteiger partial charge in [0.05, 0.1) is 0 Å². The van der Waals surface area contributed by atoms with E-state index in [-0.39, 0.29) is 0 Å². The van der Waals surface area contributed by atoms with Gasteiger partial charge in [0.25, 0.3) is 0 Å². The van der Waals surface area contributed by atoms with E-state index in [2.05, 4.69) is 32.0 Å². The fourth-order valence-electron chi connectivity index (χ4n) is 1.24. The van der Waals surface area contributed by atoms with Gasteiger partial charge in [0.15, 0.2) is 0 Å². The number of rotatable bonds is 0. The van der Waals surface area contributed by atoms with Crippen LogP contribution < -0.4 is 0 Å². The van der Waals surface area contributed by atoms with Gasteiger partial charge in [-0.25, -0.2) is 0 Å². The minimum Gasteiger partial charge on any atom is -0.304 e. The van der Waals surface area contributed by atoms with E-state index in [1.54, 1.807) is 0 Å². The van der Waals surface area contributed by atoms with Gasteiger partial charge < -0.3 is 4.90 Å². The number of hydrogen-bond donors (Lipinski definition) is 0. The molecule has 0 saturated carbocycles. The number of hydrogen-bond acceptors (Lipinski definition) is 1. The minimum atomic E-state index is 0.837. The van der Waals surface area contributed by atoms with Crippen LogP contribution in [0.1, 0.15) is 26.2 Å². The highest BCUT2D eigenvalue weighted by atomic mass is 15.1. The highest BCUT2D eigenvalue weighted by Crippen LogP contribution is 2.13. The Hall–Kier alpha value is -0.300. The fourth-order valence-corrected chi connectivity index (χ4v) is 1.24. The summed E-state index contributed by atoms with van der Waals surface area (Å²) in [6.45, 7) is 9.61. The van der Waals surface area contributed by atoms with Crippen molar-refractivity contribution in [3.63, 3.8) is 0 Å². The van der Waals surface area contributed by atoms with Crippen LogP contribution in [-0.2, 0) is 0 Å². The zero-order valence-corrected chi connectivity index (χ0v) is 7.27. The smallest absolute Gasteiger partial charge is 0.00638 e. The van der Waals surface area contributed by atoms with Crippen molar-refractivity contribution in [2.45, 2.75) is 32.2 Å². The molecule has 0 spiro atoms. The first kappa shape index (κ1) is 9.70. The van der Waals surface area contributed by atoms with Crippen LogP contribution in [0.15, 0.2) is 13.2 Å². The highest BCUT2D eigenvalue weighted by Gasteiger charge is 2.12. The molecule has 1 nitrogen and oxygen atoms in total. The molecule has 1 saturated heterocycles. The van der Waals surface area contributed by atoms with Gasteiger partial charge in [-0.2, -0.15) is 0 Å². The molecular formula is C9H19N. The van der Waals surface area contributed by atoms with Gasteiger partial charge in [-0.1, -0.05) is 6.42 Å². The molecule has 0 bridgehead atoms. The third-order valence-electron chi connectivity index (χ3n) is 2.14. The molecule has 60 valence electrons. The highest BCUT2D eigenvalue weighted by molar-refractivity contribution is 4.68.